The molecule has 0 saturated carbocycles. The Morgan fingerprint density at radius 3 is 2.18 bits per heavy atom. The topological polar surface area (TPSA) is 179 Å². The van der Waals surface area contributed by atoms with Crippen molar-refractivity contribution in [1.82, 2.24) is 25.9 Å². The first-order chi connectivity index (χ1) is 18.1. The number of amides is 3. The van der Waals surface area contributed by atoms with Crippen molar-refractivity contribution in [2.45, 2.75) is 63.7 Å². The number of aromatic amines is 1. The Kier molecular flexibility index (Phi) is 12.8. The van der Waals surface area contributed by atoms with Gasteiger partial charge in [-0.25, -0.2) is 9.78 Å². The molecule has 0 saturated heterocycles. The first kappa shape index (κ1) is 30.8. The fraction of sp³-hybridized carbons (Fsp3) is 0.500. The number of carbonyl (C=O) groups is 4. The first-order valence-electron chi connectivity index (χ1n) is 12.5. The Hall–Kier alpha value is -3.38. The lowest BCUT2D eigenvalue weighted by Crippen LogP contribution is -2.58. The highest BCUT2D eigenvalue weighted by Gasteiger charge is 2.30. The molecule has 0 bridgehead atoms. The molecule has 1 heterocycles. The number of hydrogen-bond acceptors (Lipinski definition) is 7. The van der Waals surface area contributed by atoms with Crippen LogP contribution in [0.15, 0.2) is 42.9 Å². The van der Waals surface area contributed by atoms with Gasteiger partial charge >= 0.3 is 5.97 Å². The maximum absolute atomic E-state index is 13.4. The molecule has 4 unspecified atom stereocenters. The Balaban J connectivity index is 2.15. The molecule has 7 N–H and O–H groups in total. The van der Waals surface area contributed by atoms with E-state index in [0.29, 0.717) is 11.4 Å². The van der Waals surface area contributed by atoms with Crippen LogP contribution in [0.3, 0.4) is 0 Å². The van der Waals surface area contributed by atoms with E-state index in [1.54, 1.807) is 0 Å². The molecular weight excluding hydrogens is 508 g/mol. The van der Waals surface area contributed by atoms with E-state index < -0.39 is 47.9 Å². The highest BCUT2D eigenvalue weighted by molar-refractivity contribution is 7.98. The van der Waals surface area contributed by atoms with Crippen molar-refractivity contribution in [3.8, 4) is 0 Å². The molecule has 0 aliphatic heterocycles. The van der Waals surface area contributed by atoms with Crippen LogP contribution in [0, 0.1) is 5.92 Å². The molecule has 2 aromatic rings. The molecule has 0 aliphatic rings. The summed E-state index contributed by atoms with van der Waals surface area (Å²) in [4.78, 5) is 57.8. The number of thioether (sulfide) groups is 1. The number of aliphatic carboxylic acids is 1. The maximum atomic E-state index is 13.4. The summed E-state index contributed by atoms with van der Waals surface area (Å²) >= 11 is 1.49. The maximum Gasteiger partial charge on any atom is 0.326 e. The molecule has 0 aliphatic carbocycles. The summed E-state index contributed by atoms with van der Waals surface area (Å²) in [5, 5.41) is 17.5. The third-order valence-corrected chi connectivity index (χ3v) is 6.46. The van der Waals surface area contributed by atoms with E-state index >= 15 is 0 Å². The number of nitrogens with zero attached hydrogens (tertiary/aromatic N) is 1. The predicted molar refractivity (Wildman–Crippen MR) is 146 cm³/mol. The lowest BCUT2D eigenvalue weighted by Gasteiger charge is -2.25. The van der Waals surface area contributed by atoms with Crippen LogP contribution < -0.4 is 21.7 Å². The number of carboxylic acids is 1. The number of H-pyrrole nitrogens is 1. The van der Waals surface area contributed by atoms with Crippen molar-refractivity contribution in [2.75, 3.05) is 12.0 Å². The number of hydrogen-bond donors (Lipinski definition) is 6. The van der Waals surface area contributed by atoms with E-state index in [2.05, 4.69) is 25.9 Å². The molecule has 12 heteroatoms. The van der Waals surface area contributed by atoms with Gasteiger partial charge in [-0.1, -0.05) is 44.2 Å². The quantitative estimate of drug-likeness (QED) is 0.179. The highest BCUT2D eigenvalue weighted by atomic mass is 32.2. The molecule has 0 radical (unpaired) electrons. The zero-order valence-electron chi connectivity index (χ0n) is 22.0. The third-order valence-electron chi connectivity index (χ3n) is 5.81. The van der Waals surface area contributed by atoms with E-state index in [9.17, 15) is 24.3 Å². The molecule has 11 nitrogen and oxygen atoms in total. The number of benzene rings is 1. The molecule has 208 valence electrons. The summed E-state index contributed by atoms with van der Waals surface area (Å²) in [5.74, 6) is -2.23. The van der Waals surface area contributed by atoms with E-state index in [1.165, 1.54) is 24.3 Å². The molecule has 2 rings (SSSR count). The average Bonchev–Trinajstić information content (AvgIpc) is 3.38. The van der Waals surface area contributed by atoms with Crippen molar-refractivity contribution >= 4 is 35.5 Å². The van der Waals surface area contributed by atoms with Crippen molar-refractivity contribution in [2.24, 2.45) is 11.7 Å². The zero-order chi connectivity index (χ0) is 28.1. The summed E-state index contributed by atoms with van der Waals surface area (Å²) in [7, 11) is 0. The van der Waals surface area contributed by atoms with Crippen LogP contribution in [0.1, 0.15) is 37.9 Å². The minimum Gasteiger partial charge on any atom is -0.480 e. The van der Waals surface area contributed by atoms with Gasteiger partial charge in [0.1, 0.15) is 18.1 Å². The summed E-state index contributed by atoms with van der Waals surface area (Å²) in [6, 6.07) is 5.30. The van der Waals surface area contributed by atoms with E-state index in [4.69, 9.17) is 5.73 Å². The van der Waals surface area contributed by atoms with Gasteiger partial charge in [-0.15, -0.1) is 0 Å². The number of carboxylic acid groups (broad SMARTS) is 1. The van der Waals surface area contributed by atoms with Crippen molar-refractivity contribution in [1.29, 1.82) is 0 Å². The lowest BCUT2D eigenvalue weighted by molar-refractivity contribution is -0.142. The number of nitrogens with two attached hydrogens (primary N) is 1. The summed E-state index contributed by atoms with van der Waals surface area (Å²) < 4.78 is 0. The number of nitrogens with one attached hydrogen (secondary N) is 4. The molecular formula is C26H38N6O5S. The zero-order valence-corrected chi connectivity index (χ0v) is 22.8. The SMILES string of the molecule is CSCCC(NC(=O)C(Cc1cnc[nH]1)NC(=O)C(N)Cc1ccccc1)C(=O)NC(CC(C)C)C(=O)O. The number of carbonyl (C=O) groups excluding carboxylic acids is 3. The molecule has 3 amide bonds. The Morgan fingerprint density at radius 1 is 0.974 bits per heavy atom. The Morgan fingerprint density at radius 2 is 1.61 bits per heavy atom. The predicted octanol–water partition coefficient (Wildman–Crippen LogP) is 0.860. The summed E-state index contributed by atoms with van der Waals surface area (Å²) in [6.45, 7) is 3.72. The monoisotopic (exact) mass is 546 g/mol. The molecule has 0 fully saturated rings. The second-order valence-electron chi connectivity index (χ2n) is 9.51. The highest BCUT2D eigenvalue weighted by Crippen LogP contribution is 2.09. The van der Waals surface area contributed by atoms with E-state index in [-0.39, 0.29) is 31.6 Å². The molecule has 0 spiro atoms. The minimum absolute atomic E-state index is 0.0460. The van der Waals surface area contributed by atoms with Crippen LogP contribution in [0.25, 0.3) is 0 Å². The van der Waals surface area contributed by atoms with Gasteiger partial charge in [0.05, 0.1) is 12.4 Å². The van der Waals surface area contributed by atoms with Crippen LogP contribution in [0.4, 0.5) is 0 Å². The van der Waals surface area contributed by atoms with Crippen LogP contribution in [0.2, 0.25) is 0 Å². The van der Waals surface area contributed by atoms with Gasteiger partial charge in [-0.05, 0) is 42.8 Å². The lowest BCUT2D eigenvalue weighted by atomic mass is 10.0. The van der Waals surface area contributed by atoms with Gasteiger partial charge < -0.3 is 31.8 Å². The number of rotatable bonds is 16. The van der Waals surface area contributed by atoms with Gasteiger partial charge in [0.25, 0.3) is 0 Å². The van der Waals surface area contributed by atoms with Gasteiger partial charge in [0.15, 0.2) is 0 Å². The van der Waals surface area contributed by atoms with Crippen molar-refractivity contribution < 1.29 is 24.3 Å². The van der Waals surface area contributed by atoms with Crippen LogP contribution in [-0.2, 0) is 32.0 Å². The number of aromatic nitrogens is 2. The smallest absolute Gasteiger partial charge is 0.326 e. The largest absolute Gasteiger partial charge is 0.480 e. The average molecular weight is 547 g/mol. The van der Waals surface area contributed by atoms with Crippen LogP contribution in [-0.4, -0.2) is 74.9 Å². The molecule has 1 aromatic carbocycles. The summed E-state index contributed by atoms with van der Waals surface area (Å²) in [5.41, 5.74) is 7.61. The second-order valence-corrected chi connectivity index (χ2v) is 10.5. The van der Waals surface area contributed by atoms with Gasteiger partial charge in [0.2, 0.25) is 17.7 Å². The Bertz CT molecular complexity index is 1030. The fourth-order valence-electron chi connectivity index (χ4n) is 3.81. The van der Waals surface area contributed by atoms with Gasteiger partial charge in [-0.3, -0.25) is 14.4 Å². The number of imidazole rings is 1. The normalized spacial score (nSPS) is 14.2. The second kappa shape index (κ2) is 15.8. The van der Waals surface area contributed by atoms with Crippen LogP contribution >= 0.6 is 11.8 Å². The van der Waals surface area contributed by atoms with Gasteiger partial charge in [0, 0.05) is 18.3 Å². The van der Waals surface area contributed by atoms with E-state index in [0.717, 1.165) is 5.56 Å². The van der Waals surface area contributed by atoms with Crippen molar-refractivity contribution in [3.05, 3.63) is 54.1 Å². The third kappa shape index (κ3) is 10.5. The summed E-state index contributed by atoms with van der Waals surface area (Å²) in [6.07, 6.45) is 5.78. The molecule has 1 aromatic heterocycles. The van der Waals surface area contributed by atoms with Gasteiger partial charge in [-0.2, -0.15) is 11.8 Å². The Labute approximate surface area is 227 Å². The standard InChI is InChI=1S/C26H38N6O5S/c1-16(2)11-22(26(36)37)32-24(34)20(9-10-38-3)30-25(35)21(13-18-14-28-15-29-18)31-23(33)19(27)12-17-7-5-4-6-8-17/h4-8,14-16,19-22H,9-13,27H2,1-3H3,(H,28,29)(H,30,35)(H,31,33)(H,32,34)(H,36,37). The minimum atomic E-state index is -1.14. The molecule has 4 atom stereocenters. The first-order valence-corrected chi connectivity index (χ1v) is 13.9. The molecule has 38 heavy (non-hydrogen) atoms. The van der Waals surface area contributed by atoms with Crippen LogP contribution in [0.5, 0.6) is 0 Å². The van der Waals surface area contributed by atoms with Crippen molar-refractivity contribution in [3.63, 3.8) is 0 Å². The van der Waals surface area contributed by atoms with E-state index in [1.807, 2.05) is 50.4 Å². The fourth-order valence-corrected chi connectivity index (χ4v) is 4.28.